The Balaban J connectivity index is 1.79. The van der Waals surface area contributed by atoms with Crippen LogP contribution in [0, 0.1) is 6.92 Å². The lowest BCUT2D eigenvalue weighted by Gasteiger charge is -2.28. The molecule has 3 rings (SSSR count). The largest absolute Gasteiger partial charge is 0.490 e. The van der Waals surface area contributed by atoms with E-state index in [4.69, 9.17) is 4.74 Å². The summed E-state index contributed by atoms with van der Waals surface area (Å²) < 4.78 is 33.0. The van der Waals surface area contributed by atoms with Gasteiger partial charge in [0.15, 0.2) is 0 Å². The van der Waals surface area contributed by atoms with Gasteiger partial charge < -0.3 is 9.64 Å². The second-order valence-corrected chi connectivity index (χ2v) is 7.53. The smallest absolute Gasteiger partial charge is 0.236 e. The van der Waals surface area contributed by atoms with Crippen LogP contribution in [0.25, 0.3) is 0 Å². The highest BCUT2D eigenvalue weighted by molar-refractivity contribution is 7.91. The van der Waals surface area contributed by atoms with E-state index in [1.54, 1.807) is 12.1 Å². The van der Waals surface area contributed by atoms with Crippen molar-refractivity contribution in [3.05, 3.63) is 53.6 Å². The van der Waals surface area contributed by atoms with Crippen molar-refractivity contribution < 1.29 is 13.2 Å². The Labute approximate surface area is 136 Å². The predicted molar refractivity (Wildman–Crippen MR) is 92.6 cm³/mol. The van der Waals surface area contributed by atoms with Gasteiger partial charge in [-0.1, -0.05) is 29.8 Å². The van der Waals surface area contributed by atoms with Crippen LogP contribution in [-0.2, 0) is 15.8 Å². The molecule has 1 aliphatic rings. The summed E-state index contributed by atoms with van der Waals surface area (Å²) in [5, 5.41) is 0. The van der Waals surface area contributed by atoms with Crippen LogP contribution in [-0.4, -0.2) is 28.6 Å². The van der Waals surface area contributed by atoms with E-state index in [1.165, 1.54) is 0 Å². The Morgan fingerprint density at radius 1 is 1.22 bits per heavy atom. The number of nitrogens with one attached hydrogen (secondary N) is 1. The first-order valence-corrected chi connectivity index (χ1v) is 9.12. The van der Waals surface area contributed by atoms with Gasteiger partial charge in [-0.25, -0.2) is 8.42 Å². The molecule has 2 aromatic rings. The SMILES string of the molecule is Cc1cccc(CS(=O)(=O)Nc2ccc3c(c2)N(C)CCO3)c1. The monoisotopic (exact) mass is 332 g/mol. The van der Waals surface area contributed by atoms with Crippen LogP contribution in [0.15, 0.2) is 42.5 Å². The molecule has 0 unspecified atom stereocenters. The van der Waals surface area contributed by atoms with Gasteiger partial charge in [0.1, 0.15) is 12.4 Å². The van der Waals surface area contributed by atoms with E-state index < -0.39 is 10.0 Å². The van der Waals surface area contributed by atoms with Gasteiger partial charge in [0, 0.05) is 7.05 Å². The fraction of sp³-hybridized carbons (Fsp3) is 0.294. The molecule has 122 valence electrons. The highest BCUT2D eigenvalue weighted by Crippen LogP contribution is 2.33. The minimum atomic E-state index is -3.46. The molecule has 0 bridgehead atoms. The van der Waals surface area contributed by atoms with Crippen molar-refractivity contribution in [2.75, 3.05) is 29.8 Å². The third-order valence-electron chi connectivity index (χ3n) is 3.77. The van der Waals surface area contributed by atoms with E-state index in [2.05, 4.69) is 9.62 Å². The van der Waals surface area contributed by atoms with E-state index in [0.29, 0.717) is 12.3 Å². The van der Waals surface area contributed by atoms with Crippen LogP contribution in [0.1, 0.15) is 11.1 Å². The summed E-state index contributed by atoms with van der Waals surface area (Å²) in [4.78, 5) is 2.05. The number of aryl methyl sites for hydroxylation is 1. The van der Waals surface area contributed by atoms with E-state index in [1.807, 2.05) is 44.3 Å². The number of hydrogen-bond donors (Lipinski definition) is 1. The molecule has 0 aliphatic carbocycles. The molecule has 0 atom stereocenters. The second-order valence-electron chi connectivity index (χ2n) is 5.80. The molecule has 0 saturated heterocycles. The molecular weight excluding hydrogens is 312 g/mol. The molecule has 1 heterocycles. The quantitative estimate of drug-likeness (QED) is 0.935. The Bertz CT molecular complexity index is 818. The third-order valence-corrected chi connectivity index (χ3v) is 5.03. The lowest BCUT2D eigenvalue weighted by Crippen LogP contribution is -2.28. The van der Waals surface area contributed by atoms with E-state index in [0.717, 1.165) is 29.1 Å². The van der Waals surface area contributed by atoms with Crippen molar-refractivity contribution >= 4 is 21.4 Å². The van der Waals surface area contributed by atoms with E-state index in [-0.39, 0.29) is 5.75 Å². The normalized spacial score (nSPS) is 14.1. The Morgan fingerprint density at radius 3 is 2.83 bits per heavy atom. The molecule has 0 radical (unpaired) electrons. The summed E-state index contributed by atoms with van der Waals surface area (Å²) in [6, 6.07) is 12.9. The summed E-state index contributed by atoms with van der Waals surface area (Å²) in [5.41, 5.74) is 3.27. The lowest BCUT2D eigenvalue weighted by molar-refractivity contribution is 0.311. The minimum absolute atomic E-state index is 0.0435. The number of sulfonamides is 1. The van der Waals surface area contributed by atoms with Crippen molar-refractivity contribution in [1.29, 1.82) is 0 Å². The fourth-order valence-corrected chi connectivity index (χ4v) is 3.83. The maximum atomic E-state index is 12.4. The lowest BCUT2D eigenvalue weighted by atomic mass is 10.2. The molecule has 23 heavy (non-hydrogen) atoms. The average Bonchev–Trinajstić information content (AvgIpc) is 2.47. The van der Waals surface area contributed by atoms with Gasteiger partial charge in [-0.05, 0) is 30.7 Å². The second kappa shape index (κ2) is 6.12. The van der Waals surface area contributed by atoms with E-state index >= 15 is 0 Å². The van der Waals surface area contributed by atoms with Crippen molar-refractivity contribution in [3.8, 4) is 5.75 Å². The van der Waals surface area contributed by atoms with Crippen LogP contribution in [0.5, 0.6) is 5.75 Å². The van der Waals surface area contributed by atoms with Gasteiger partial charge in [-0.2, -0.15) is 0 Å². The number of rotatable bonds is 4. The molecule has 6 heteroatoms. The van der Waals surface area contributed by atoms with Crippen molar-refractivity contribution in [3.63, 3.8) is 0 Å². The maximum Gasteiger partial charge on any atom is 0.236 e. The molecule has 1 N–H and O–H groups in total. The first-order valence-electron chi connectivity index (χ1n) is 7.47. The summed E-state index contributed by atoms with van der Waals surface area (Å²) in [6.07, 6.45) is 0. The van der Waals surface area contributed by atoms with Crippen LogP contribution in [0.4, 0.5) is 11.4 Å². The molecule has 2 aromatic carbocycles. The summed E-state index contributed by atoms with van der Waals surface area (Å²) in [6.45, 7) is 3.37. The number of ether oxygens (including phenoxy) is 1. The fourth-order valence-electron chi connectivity index (χ4n) is 2.65. The zero-order chi connectivity index (χ0) is 16.4. The number of nitrogens with zero attached hydrogens (tertiary/aromatic N) is 1. The standard InChI is InChI=1S/C17H20N2O3S/c1-13-4-3-5-14(10-13)12-23(20,21)18-15-6-7-17-16(11-15)19(2)8-9-22-17/h3-7,10-11,18H,8-9,12H2,1-2H3. The van der Waals surface area contributed by atoms with Gasteiger partial charge in [0.05, 0.1) is 23.7 Å². The summed E-state index contributed by atoms with van der Waals surface area (Å²) in [7, 11) is -1.49. The third kappa shape index (κ3) is 3.76. The predicted octanol–water partition coefficient (Wildman–Crippen LogP) is 2.77. The van der Waals surface area contributed by atoms with Gasteiger partial charge >= 0.3 is 0 Å². The molecular formula is C17H20N2O3S. The van der Waals surface area contributed by atoms with Crippen molar-refractivity contribution in [1.82, 2.24) is 0 Å². The molecule has 1 aliphatic heterocycles. The molecule has 5 nitrogen and oxygen atoms in total. The molecule has 0 fully saturated rings. The molecule has 0 saturated carbocycles. The number of benzene rings is 2. The first kappa shape index (κ1) is 15.7. The van der Waals surface area contributed by atoms with E-state index in [9.17, 15) is 8.42 Å². The van der Waals surface area contributed by atoms with Crippen molar-refractivity contribution in [2.45, 2.75) is 12.7 Å². The molecule has 0 spiro atoms. The zero-order valence-corrected chi connectivity index (χ0v) is 14.1. The van der Waals surface area contributed by atoms with Gasteiger partial charge in [-0.3, -0.25) is 4.72 Å². The number of fused-ring (bicyclic) bond motifs is 1. The topological polar surface area (TPSA) is 58.6 Å². The van der Waals surface area contributed by atoms with Crippen LogP contribution < -0.4 is 14.4 Å². The Morgan fingerprint density at radius 2 is 2.04 bits per heavy atom. The first-order chi connectivity index (χ1) is 10.9. The molecule has 0 amide bonds. The number of anilines is 2. The summed E-state index contributed by atoms with van der Waals surface area (Å²) in [5.74, 6) is 0.735. The number of likely N-dealkylation sites (N-methyl/N-ethyl adjacent to an activating group) is 1. The number of hydrogen-bond acceptors (Lipinski definition) is 4. The maximum absolute atomic E-state index is 12.4. The highest BCUT2D eigenvalue weighted by atomic mass is 32.2. The minimum Gasteiger partial charge on any atom is -0.490 e. The Kier molecular flexibility index (Phi) is 4.17. The van der Waals surface area contributed by atoms with Crippen LogP contribution >= 0.6 is 0 Å². The van der Waals surface area contributed by atoms with Gasteiger partial charge in [-0.15, -0.1) is 0 Å². The van der Waals surface area contributed by atoms with Crippen LogP contribution in [0.3, 0.4) is 0 Å². The zero-order valence-electron chi connectivity index (χ0n) is 13.2. The average molecular weight is 332 g/mol. The van der Waals surface area contributed by atoms with Crippen molar-refractivity contribution in [2.24, 2.45) is 0 Å². The van der Waals surface area contributed by atoms with Crippen LogP contribution in [0.2, 0.25) is 0 Å². The Hall–Kier alpha value is -2.21. The van der Waals surface area contributed by atoms with Gasteiger partial charge in [0.25, 0.3) is 0 Å². The van der Waals surface area contributed by atoms with Gasteiger partial charge in [0.2, 0.25) is 10.0 Å². The molecule has 0 aromatic heterocycles. The summed E-state index contributed by atoms with van der Waals surface area (Å²) >= 11 is 0. The highest BCUT2D eigenvalue weighted by Gasteiger charge is 2.17.